The van der Waals surface area contributed by atoms with Gasteiger partial charge in [0.25, 0.3) is 0 Å². The Balaban J connectivity index is 1.17. The Labute approximate surface area is 295 Å². The highest BCUT2D eigenvalue weighted by Crippen LogP contribution is 2.40. The fraction of sp³-hybridized carbons (Fsp3) is 0. The van der Waals surface area contributed by atoms with E-state index in [1.54, 1.807) is 0 Å². The van der Waals surface area contributed by atoms with Crippen molar-refractivity contribution in [3.05, 3.63) is 182 Å². The maximum Gasteiger partial charge on any atom is 0.161 e. The largest absolute Gasteiger partial charge is 0.456 e. The molecule has 0 radical (unpaired) electrons. The molecule has 0 saturated carbocycles. The van der Waals surface area contributed by atoms with Gasteiger partial charge in [0, 0.05) is 27.5 Å². The highest BCUT2D eigenvalue weighted by molar-refractivity contribution is 6.09. The number of furan rings is 1. The predicted octanol–water partition coefficient (Wildman–Crippen LogP) is 13.0. The van der Waals surface area contributed by atoms with E-state index < -0.39 is 0 Å². The third-order valence-electron chi connectivity index (χ3n) is 9.94. The SMILES string of the molecule is c1ccc(-c2cc(-c3ccc(-c4ccccc4)c4ccccc34)nc(-c3ccc(-c4ccc5c(c4)oc4ccccc45)c4ccccc34)n2)cc1. The number of hydrogen-bond donors (Lipinski definition) is 0. The van der Waals surface area contributed by atoms with Crippen LogP contribution in [0.2, 0.25) is 0 Å². The van der Waals surface area contributed by atoms with Gasteiger partial charge in [-0.15, -0.1) is 0 Å². The minimum atomic E-state index is 0.693. The summed E-state index contributed by atoms with van der Waals surface area (Å²) in [6, 6.07) is 63.8. The second-order valence-corrected chi connectivity index (χ2v) is 12.9. The van der Waals surface area contributed by atoms with Crippen LogP contribution in [0.4, 0.5) is 0 Å². The third kappa shape index (κ3) is 4.98. The van der Waals surface area contributed by atoms with Gasteiger partial charge in [-0.3, -0.25) is 0 Å². The number of rotatable bonds is 5. The molecule has 3 nitrogen and oxygen atoms in total. The molecule has 10 rings (SSSR count). The van der Waals surface area contributed by atoms with Crippen LogP contribution in [0.3, 0.4) is 0 Å². The molecule has 0 fully saturated rings. The van der Waals surface area contributed by atoms with Crippen molar-refractivity contribution in [1.82, 2.24) is 9.97 Å². The van der Waals surface area contributed by atoms with Crippen molar-refractivity contribution in [3.8, 4) is 56.2 Å². The quantitative estimate of drug-likeness (QED) is 0.186. The van der Waals surface area contributed by atoms with Gasteiger partial charge in [-0.1, -0.05) is 152 Å². The molecule has 0 aliphatic carbocycles. The van der Waals surface area contributed by atoms with Crippen molar-refractivity contribution >= 4 is 43.5 Å². The second kappa shape index (κ2) is 11.9. The molecule has 0 unspecified atom stereocenters. The fourth-order valence-electron chi connectivity index (χ4n) is 7.49. The summed E-state index contributed by atoms with van der Waals surface area (Å²) in [4.78, 5) is 10.6. The molecular weight excluding hydrogens is 621 g/mol. The number of nitrogens with zero attached hydrogens (tertiary/aromatic N) is 2. The summed E-state index contributed by atoms with van der Waals surface area (Å²) in [5, 5.41) is 6.84. The molecular formula is C48H30N2O. The van der Waals surface area contributed by atoms with Gasteiger partial charge >= 0.3 is 0 Å². The molecule has 2 heterocycles. The Morgan fingerprint density at radius 2 is 0.784 bits per heavy atom. The maximum absolute atomic E-state index is 6.27. The number of para-hydroxylation sites is 1. The first-order valence-corrected chi connectivity index (χ1v) is 17.2. The molecule has 2 aromatic heterocycles. The van der Waals surface area contributed by atoms with Crippen molar-refractivity contribution in [2.75, 3.05) is 0 Å². The summed E-state index contributed by atoms with van der Waals surface area (Å²) in [7, 11) is 0. The van der Waals surface area contributed by atoms with E-state index in [4.69, 9.17) is 14.4 Å². The van der Waals surface area contributed by atoms with Crippen LogP contribution in [0.5, 0.6) is 0 Å². The first-order valence-electron chi connectivity index (χ1n) is 17.2. The van der Waals surface area contributed by atoms with Crippen molar-refractivity contribution in [2.24, 2.45) is 0 Å². The first-order chi connectivity index (χ1) is 25.3. The van der Waals surface area contributed by atoms with E-state index >= 15 is 0 Å². The highest BCUT2D eigenvalue weighted by Gasteiger charge is 2.18. The molecule has 238 valence electrons. The van der Waals surface area contributed by atoms with Crippen LogP contribution >= 0.6 is 0 Å². The third-order valence-corrected chi connectivity index (χ3v) is 9.94. The summed E-state index contributed by atoms with van der Waals surface area (Å²) in [5.41, 5.74) is 11.3. The summed E-state index contributed by atoms with van der Waals surface area (Å²) >= 11 is 0. The molecule has 0 aliphatic rings. The highest BCUT2D eigenvalue weighted by atomic mass is 16.3. The van der Waals surface area contributed by atoms with Crippen LogP contribution < -0.4 is 0 Å². The fourth-order valence-corrected chi connectivity index (χ4v) is 7.49. The lowest BCUT2D eigenvalue weighted by molar-refractivity contribution is 0.669. The zero-order valence-electron chi connectivity index (χ0n) is 27.6. The van der Waals surface area contributed by atoms with E-state index in [1.165, 1.54) is 16.5 Å². The van der Waals surface area contributed by atoms with Crippen LogP contribution in [0.1, 0.15) is 0 Å². The molecule has 0 bridgehead atoms. The van der Waals surface area contributed by atoms with Gasteiger partial charge in [0.05, 0.1) is 11.4 Å². The Morgan fingerprint density at radius 1 is 0.294 bits per heavy atom. The number of benzene rings is 8. The zero-order chi connectivity index (χ0) is 33.7. The summed E-state index contributed by atoms with van der Waals surface area (Å²) in [5.74, 6) is 0.693. The van der Waals surface area contributed by atoms with E-state index in [-0.39, 0.29) is 0 Å². The van der Waals surface area contributed by atoms with E-state index in [9.17, 15) is 0 Å². The topological polar surface area (TPSA) is 38.9 Å². The lowest BCUT2D eigenvalue weighted by Gasteiger charge is -2.15. The van der Waals surface area contributed by atoms with Crippen molar-refractivity contribution in [2.45, 2.75) is 0 Å². The number of aromatic nitrogens is 2. The minimum absolute atomic E-state index is 0.693. The second-order valence-electron chi connectivity index (χ2n) is 12.9. The van der Waals surface area contributed by atoms with Crippen molar-refractivity contribution in [3.63, 3.8) is 0 Å². The smallest absolute Gasteiger partial charge is 0.161 e. The Morgan fingerprint density at radius 3 is 1.49 bits per heavy atom. The Hall–Kier alpha value is -6.84. The maximum atomic E-state index is 6.27. The molecule has 10 aromatic rings. The van der Waals surface area contributed by atoms with E-state index in [0.717, 1.165) is 77.3 Å². The molecule has 0 saturated heterocycles. The summed E-state index contributed by atoms with van der Waals surface area (Å²) in [6.45, 7) is 0. The molecule has 3 heteroatoms. The Bertz CT molecular complexity index is 2910. The standard InChI is InChI=1S/C48H30N2O/c1-3-13-31(14-4-1)34-25-27-40(38-19-9-7-17-36(34)38)45-30-44(32-15-5-2-6-16-32)49-48(50-45)43-28-26-35(37-18-8-10-20-39(37)43)33-23-24-42-41-21-11-12-22-46(41)51-47(42)29-33/h1-30H. The van der Waals surface area contributed by atoms with Crippen LogP contribution in [0, 0.1) is 0 Å². The zero-order valence-corrected chi connectivity index (χ0v) is 27.6. The molecule has 0 amide bonds. The minimum Gasteiger partial charge on any atom is -0.456 e. The monoisotopic (exact) mass is 650 g/mol. The van der Waals surface area contributed by atoms with Gasteiger partial charge in [-0.2, -0.15) is 0 Å². The molecule has 0 spiro atoms. The van der Waals surface area contributed by atoms with Crippen LogP contribution in [0.25, 0.3) is 99.6 Å². The average Bonchev–Trinajstić information content (AvgIpc) is 3.58. The number of hydrogen-bond acceptors (Lipinski definition) is 3. The summed E-state index contributed by atoms with van der Waals surface area (Å²) in [6.07, 6.45) is 0. The van der Waals surface area contributed by atoms with Crippen LogP contribution in [-0.2, 0) is 0 Å². The molecule has 0 N–H and O–H groups in total. The Kier molecular flexibility index (Phi) is 6.81. The lowest BCUT2D eigenvalue weighted by atomic mass is 9.93. The first kappa shape index (κ1) is 29.1. The average molecular weight is 651 g/mol. The van der Waals surface area contributed by atoms with Crippen LogP contribution in [0.15, 0.2) is 186 Å². The van der Waals surface area contributed by atoms with Gasteiger partial charge in [0.2, 0.25) is 0 Å². The molecule has 8 aromatic carbocycles. The molecule has 51 heavy (non-hydrogen) atoms. The molecule has 0 aliphatic heterocycles. The van der Waals surface area contributed by atoms with Gasteiger partial charge in [-0.25, -0.2) is 9.97 Å². The van der Waals surface area contributed by atoms with Gasteiger partial charge < -0.3 is 4.42 Å². The lowest BCUT2D eigenvalue weighted by Crippen LogP contribution is -1.98. The van der Waals surface area contributed by atoms with Gasteiger partial charge in [0.15, 0.2) is 5.82 Å². The number of fused-ring (bicyclic) bond motifs is 5. The molecule has 0 atom stereocenters. The van der Waals surface area contributed by atoms with E-state index in [2.05, 4.69) is 164 Å². The van der Waals surface area contributed by atoms with Gasteiger partial charge in [-0.05, 0) is 74.1 Å². The predicted molar refractivity (Wildman–Crippen MR) is 212 cm³/mol. The van der Waals surface area contributed by atoms with Crippen molar-refractivity contribution < 1.29 is 4.42 Å². The van der Waals surface area contributed by atoms with E-state index in [1.807, 2.05) is 18.2 Å². The van der Waals surface area contributed by atoms with Crippen molar-refractivity contribution in [1.29, 1.82) is 0 Å². The van der Waals surface area contributed by atoms with E-state index in [0.29, 0.717) is 5.82 Å². The normalized spacial score (nSPS) is 11.5. The summed E-state index contributed by atoms with van der Waals surface area (Å²) < 4.78 is 6.27. The van der Waals surface area contributed by atoms with Gasteiger partial charge in [0.1, 0.15) is 11.2 Å². The van der Waals surface area contributed by atoms with Crippen LogP contribution in [-0.4, -0.2) is 9.97 Å².